The zero-order chi connectivity index (χ0) is 13.8. The number of hydrogen-bond donors (Lipinski definition) is 1. The number of pyridine rings is 1. The number of aliphatic hydroxyl groups is 1. The molecule has 2 heterocycles. The van der Waals surface area contributed by atoms with Crippen LogP contribution >= 0.6 is 11.6 Å². The minimum Gasteiger partial charge on any atom is -0.393 e. The van der Waals surface area contributed by atoms with E-state index in [9.17, 15) is 5.11 Å². The maximum atomic E-state index is 10.1. The molecule has 1 atom stereocenters. The van der Waals surface area contributed by atoms with Gasteiger partial charge in [-0.25, -0.2) is 0 Å². The molecule has 0 aromatic carbocycles. The Balaban J connectivity index is 1.92. The third kappa shape index (κ3) is 3.55. The monoisotopic (exact) mass is 279 g/mol. The summed E-state index contributed by atoms with van der Waals surface area (Å²) in [6.07, 6.45) is 5.18. The van der Waals surface area contributed by atoms with Crippen LogP contribution < -0.4 is 0 Å². The lowest BCUT2D eigenvalue weighted by Gasteiger charge is -2.11. The summed E-state index contributed by atoms with van der Waals surface area (Å²) < 4.78 is 1.74. The van der Waals surface area contributed by atoms with E-state index in [4.69, 9.17) is 11.6 Å². The van der Waals surface area contributed by atoms with Gasteiger partial charge in [-0.3, -0.25) is 9.67 Å². The lowest BCUT2D eigenvalue weighted by Crippen LogP contribution is -2.14. The molecule has 2 aromatic rings. The van der Waals surface area contributed by atoms with Gasteiger partial charge in [0.05, 0.1) is 22.5 Å². The average Bonchev–Trinajstić information content (AvgIpc) is 2.64. The molecule has 0 saturated heterocycles. The molecule has 19 heavy (non-hydrogen) atoms. The fourth-order valence-electron chi connectivity index (χ4n) is 2.11. The SMILES string of the molecule is Cc1nn(C)c(CC(O)CCc2ccncc2)c1Cl. The van der Waals surface area contributed by atoms with Gasteiger partial charge >= 0.3 is 0 Å². The normalized spacial score (nSPS) is 12.6. The van der Waals surface area contributed by atoms with E-state index in [1.165, 1.54) is 5.56 Å². The highest BCUT2D eigenvalue weighted by molar-refractivity contribution is 6.31. The van der Waals surface area contributed by atoms with Crippen molar-refractivity contribution in [3.05, 3.63) is 46.5 Å². The van der Waals surface area contributed by atoms with Crippen molar-refractivity contribution in [2.24, 2.45) is 7.05 Å². The second-order valence-corrected chi connectivity index (χ2v) is 5.10. The minimum absolute atomic E-state index is 0.416. The third-order valence-electron chi connectivity index (χ3n) is 3.21. The van der Waals surface area contributed by atoms with Crippen LogP contribution in [0.15, 0.2) is 24.5 Å². The Bertz CT molecular complexity index is 539. The van der Waals surface area contributed by atoms with Crippen LogP contribution in [0.4, 0.5) is 0 Å². The third-order valence-corrected chi connectivity index (χ3v) is 3.70. The van der Waals surface area contributed by atoms with Crippen molar-refractivity contribution < 1.29 is 5.11 Å². The van der Waals surface area contributed by atoms with Gasteiger partial charge in [-0.15, -0.1) is 0 Å². The molecule has 0 bridgehead atoms. The Kier molecular flexibility index (Phi) is 4.56. The van der Waals surface area contributed by atoms with Crippen molar-refractivity contribution in [3.8, 4) is 0 Å². The van der Waals surface area contributed by atoms with Gasteiger partial charge < -0.3 is 5.11 Å². The molecule has 0 aliphatic heterocycles. The van der Waals surface area contributed by atoms with Gasteiger partial charge in [0.15, 0.2) is 0 Å². The number of hydrogen-bond acceptors (Lipinski definition) is 3. The van der Waals surface area contributed by atoms with Crippen molar-refractivity contribution >= 4 is 11.6 Å². The van der Waals surface area contributed by atoms with E-state index in [0.29, 0.717) is 17.9 Å². The van der Waals surface area contributed by atoms with Crippen LogP contribution in [0.1, 0.15) is 23.4 Å². The number of nitrogens with zero attached hydrogens (tertiary/aromatic N) is 3. The number of rotatable bonds is 5. The van der Waals surface area contributed by atoms with E-state index in [1.54, 1.807) is 17.1 Å². The first kappa shape index (κ1) is 14.0. The van der Waals surface area contributed by atoms with Gasteiger partial charge in [0.25, 0.3) is 0 Å². The first-order valence-electron chi connectivity index (χ1n) is 6.33. The summed E-state index contributed by atoms with van der Waals surface area (Å²) in [5.74, 6) is 0. The summed E-state index contributed by atoms with van der Waals surface area (Å²) in [6, 6.07) is 3.93. The molecular weight excluding hydrogens is 262 g/mol. The Morgan fingerprint density at radius 3 is 2.63 bits per heavy atom. The van der Waals surface area contributed by atoms with Gasteiger partial charge in [-0.2, -0.15) is 5.10 Å². The molecule has 102 valence electrons. The summed E-state index contributed by atoms with van der Waals surface area (Å²) in [5.41, 5.74) is 2.88. The van der Waals surface area contributed by atoms with Crippen LogP contribution in [0.2, 0.25) is 5.02 Å². The highest BCUT2D eigenvalue weighted by Crippen LogP contribution is 2.21. The number of aryl methyl sites for hydroxylation is 3. The van der Waals surface area contributed by atoms with Gasteiger partial charge in [0.1, 0.15) is 0 Å². The highest BCUT2D eigenvalue weighted by atomic mass is 35.5. The predicted molar refractivity (Wildman–Crippen MR) is 75.2 cm³/mol. The van der Waals surface area contributed by atoms with Crippen molar-refractivity contribution in [2.75, 3.05) is 0 Å². The predicted octanol–water partition coefficient (Wildman–Crippen LogP) is 2.31. The van der Waals surface area contributed by atoms with E-state index in [-0.39, 0.29) is 0 Å². The molecule has 0 amide bonds. The number of halogens is 1. The topological polar surface area (TPSA) is 50.9 Å². The van der Waals surface area contributed by atoms with Crippen LogP contribution in [-0.4, -0.2) is 26.0 Å². The molecule has 0 spiro atoms. The maximum absolute atomic E-state index is 10.1. The minimum atomic E-state index is -0.416. The molecular formula is C14H18ClN3O. The molecule has 2 aromatic heterocycles. The molecule has 1 N–H and O–H groups in total. The molecule has 2 rings (SSSR count). The summed E-state index contributed by atoms with van der Waals surface area (Å²) in [6.45, 7) is 1.87. The smallest absolute Gasteiger partial charge is 0.0847 e. The highest BCUT2D eigenvalue weighted by Gasteiger charge is 2.15. The molecule has 0 saturated carbocycles. The van der Waals surface area contributed by atoms with E-state index in [1.807, 2.05) is 26.1 Å². The van der Waals surface area contributed by atoms with Gasteiger partial charge in [0.2, 0.25) is 0 Å². The standard InChI is InChI=1S/C14H18ClN3O/c1-10-14(15)13(18(2)17-10)9-12(19)4-3-11-5-7-16-8-6-11/h5-8,12,19H,3-4,9H2,1-2H3. The van der Waals surface area contributed by atoms with Crippen molar-refractivity contribution in [3.63, 3.8) is 0 Å². The number of aromatic nitrogens is 3. The first-order chi connectivity index (χ1) is 9.08. The quantitative estimate of drug-likeness (QED) is 0.914. The summed E-state index contributed by atoms with van der Waals surface area (Å²) in [4.78, 5) is 3.97. The van der Waals surface area contributed by atoms with Crippen LogP contribution in [-0.2, 0) is 19.9 Å². The van der Waals surface area contributed by atoms with Gasteiger partial charge in [0, 0.05) is 25.9 Å². The van der Waals surface area contributed by atoms with Gasteiger partial charge in [-0.1, -0.05) is 11.6 Å². The average molecular weight is 280 g/mol. The van der Waals surface area contributed by atoms with Gasteiger partial charge in [-0.05, 0) is 37.5 Å². The Morgan fingerprint density at radius 1 is 1.37 bits per heavy atom. The molecule has 4 nitrogen and oxygen atoms in total. The fraction of sp³-hybridized carbons (Fsp3) is 0.429. The van der Waals surface area contributed by atoms with Crippen molar-refractivity contribution in [1.82, 2.24) is 14.8 Å². The second-order valence-electron chi connectivity index (χ2n) is 4.72. The van der Waals surface area contributed by atoms with E-state index in [0.717, 1.165) is 17.8 Å². The lowest BCUT2D eigenvalue weighted by molar-refractivity contribution is 0.163. The van der Waals surface area contributed by atoms with Crippen molar-refractivity contribution in [2.45, 2.75) is 32.3 Å². The summed E-state index contributed by atoms with van der Waals surface area (Å²) in [7, 11) is 1.85. The van der Waals surface area contributed by atoms with Crippen LogP contribution in [0.3, 0.4) is 0 Å². The fourth-order valence-corrected chi connectivity index (χ4v) is 2.35. The second kappa shape index (κ2) is 6.17. The molecule has 0 radical (unpaired) electrons. The molecule has 0 aliphatic rings. The van der Waals surface area contributed by atoms with E-state index >= 15 is 0 Å². The van der Waals surface area contributed by atoms with E-state index < -0.39 is 6.10 Å². The summed E-state index contributed by atoms with van der Waals surface area (Å²) in [5, 5.41) is 15.0. The molecule has 1 unspecified atom stereocenters. The van der Waals surface area contributed by atoms with Crippen LogP contribution in [0, 0.1) is 6.92 Å². The van der Waals surface area contributed by atoms with E-state index in [2.05, 4.69) is 10.1 Å². The first-order valence-corrected chi connectivity index (χ1v) is 6.70. The maximum Gasteiger partial charge on any atom is 0.0847 e. The zero-order valence-corrected chi connectivity index (χ0v) is 11.9. The molecule has 0 fully saturated rings. The van der Waals surface area contributed by atoms with Crippen LogP contribution in [0.25, 0.3) is 0 Å². The van der Waals surface area contributed by atoms with Crippen molar-refractivity contribution in [1.29, 1.82) is 0 Å². The Morgan fingerprint density at radius 2 is 2.05 bits per heavy atom. The zero-order valence-electron chi connectivity index (χ0n) is 11.2. The largest absolute Gasteiger partial charge is 0.393 e. The Hall–Kier alpha value is -1.39. The molecule has 5 heteroatoms. The Labute approximate surface area is 118 Å². The van der Waals surface area contributed by atoms with Crippen LogP contribution in [0.5, 0.6) is 0 Å². The number of aliphatic hydroxyl groups excluding tert-OH is 1. The lowest BCUT2D eigenvalue weighted by atomic mass is 10.0. The summed E-state index contributed by atoms with van der Waals surface area (Å²) >= 11 is 6.17. The molecule has 0 aliphatic carbocycles.